The normalized spacial score (nSPS) is 14.8. The molecule has 0 radical (unpaired) electrons. The lowest BCUT2D eigenvalue weighted by Gasteiger charge is -2.29. The van der Waals surface area contributed by atoms with Crippen molar-refractivity contribution < 1.29 is 13.2 Å². The van der Waals surface area contributed by atoms with Crippen molar-refractivity contribution in [1.82, 2.24) is 15.0 Å². The average Bonchev–Trinajstić information content (AvgIpc) is 2.53. The predicted octanol–water partition coefficient (Wildman–Crippen LogP) is 3.02. The van der Waals surface area contributed by atoms with E-state index in [0.717, 1.165) is 42.2 Å². The number of aromatic nitrogens is 3. The first-order chi connectivity index (χ1) is 10.5. The van der Waals surface area contributed by atoms with Gasteiger partial charge in [0.2, 0.25) is 0 Å². The van der Waals surface area contributed by atoms with Gasteiger partial charge in [0.05, 0.1) is 17.8 Å². The van der Waals surface area contributed by atoms with E-state index in [1.54, 1.807) is 0 Å². The van der Waals surface area contributed by atoms with E-state index in [1.807, 2.05) is 18.0 Å². The third-order valence-corrected chi connectivity index (χ3v) is 3.71. The van der Waals surface area contributed by atoms with Crippen molar-refractivity contribution in [3.63, 3.8) is 0 Å². The highest BCUT2D eigenvalue weighted by Crippen LogP contribution is 2.30. The van der Waals surface area contributed by atoms with Crippen LogP contribution in [0.5, 0.6) is 0 Å². The molecule has 3 heterocycles. The van der Waals surface area contributed by atoms with E-state index < -0.39 is 11.7 Å². The first kappa shape index (κ1) is 14.7. The van der Waals surface area contributed by atoms with E-state index in [9.17, 15) is 13.2 Å². The number of alkyl halides is 3. The van der Waals surface area contributed by atoms with Crippen molar-refractivity contribution >= 4 is 5.82 Å². The van der Waals surface area contributed by atoms with E-state index in [2.05, 4.69) is 15.0 Å². The van der Waals surface area contributed by atoms with Crippen LogP contribution in [-0.4, -0.2) is 21.5 Å². The molecular weight excluding hydrogens is 293 g/mol. The van der Waals surface area contributed by atoms with Gasteiger partial charge in [0.25, 0.3) is 0 Å². The maximum atomic E-state index is 12.6. The molecule has 1 aliphatic heterocycles. The summed E-state index contributed by atoms with van der Waals surface area (Å²) in [5, 5.41) is 0. The Morgan fingerprint density at radius 2 is 2.00 bits per heavy atom. The summed E-state index contributed by atoms with van der Waals surface area (Å²) in [5.74, 6) is 1.32. The molecule has 0 saturated carbocycles. The quantitative estimate of drug-likeness (QED) is 0.855. The highest BCUT2D eigenvalue weighted by molar-refractivity contribution is 5.43. The molecule has 0 N–H and O–H groups in total. The van der Waals surface area contributed by atoms with Crippen molar-refractivity contribution in [2.45, 2.75) is 32.5 Å². The summed E-state index contributed by atoms with van der Waals surface area (Å²) in [7, 11) is 0. The fourth-order valence-electron chi connectivity index (χ4n) is 2.45. The third kappa shape index (κ3) is 2.88. The number of nitrogens with zero attached hydrogens (tertiary/aromatic N) is 4. The SMILES string of the molecule is CCc1ncc2c(n1)CN(c1ccc(C(F)(F)F)cn1)CC2. The van der Waals surface area contributed by atoms with Gasteiger partial charge in [-0.2, -0.15) is 13.2 Å². The third-order valence-electron chi connectivity index (χ3n) is 3.71. The molecular formula is C15H15F3N4. The van der Waals surface area contributed by atoms with Crippen LogP contribution >= 0.6 is 0 Å². The van der Waals surface area contributed by atoms with E-state index in [-0.39, 0.29) is 0 Å². The molecule has 0 fully saturated rings. The van der Waals surface area contributed by atoms with E-state index in [1.165, 1.54) is 6.07 Å². The Kier molecular flexibility index (Phi) is 3.72. The zero-order valence-corrected chi connectivity index (χ0v) is 12.1. The molecule has 0 amide bonds. The van der Waals surface area contributed by atoms with Crippen LogP contribution in [0.1, 0.15) is 29.6 Å². The van der Waals surface area contributed by atoms with E-state index in [0.29, 0.717) is 18.9 Å². The molecule has 0 aliphatic carbocycles. The highest BCUT2D eigenvalue weighted by Gasteiger charge is 2.31. The number of hydrogen-bond acceptors (Lipinski definition) is 4. The van der Waals surface area contributed by atoms with Gasteiger partial charge in [0, 0.05) is 25.4 Å². The van der Waals surface area contributed by atoms with Crippen LogP contribution in [0.4, 0.5) is 19.0 Å². The smallest absolute Gasteiger partial charge is 0.350 e. The number of fused-ring (bicyclic) bond motifs is 1. The summed E-state index contributed by atoms with van der Waals surface area (Å²) in [6.45, 7) is 3.23. The first-order valence-corrected chi connectivity index (χ1v) is 7.09. The molecule has 0 bridgehead atoms. The maximum absolute atomic E-state index is 12.6. The second-order valence-electron chi connectivity index (χ2n) is 5.19. The number of aryl methyl sites for hydroxylation is 1. The van der Waals surface area contributed by atoms with Gasteiger partial charge in [0.1, 0.15) is 11.6 Å². The molecule has 2 aromatic heterocycles. The summed E-state index contributed by atoms with van der Waals surface area (Å²) >= 11 is 0. The van der Waals surface area contributed by atoms with E-state index in [4.69, 9.17) is 0 Å². The van der Waals surface area contributed by atoms with Gasteiger partial charge >= 0.3 is 6.18 Å². The monoisotopic (exact) mass is 308 g/mol. The molecule has 0 spiro atoms. The van der Waals surface area contributed by atoms with Gasteiger partial charge in [0.15, 0.2) is 0 Å². The highest BCUT2D eigenvalue weighted by atomic mass is 19.4. The van der Waals surface area contributed by atoms with Crippen LogP contribution in [0.15, 0.2) is 24.5 Å². The van der Waals surface area contributed by atoms with Crippen LogP contribution in [0, 0.1) is 0 Å². The zero-order chi connectivity index (χ0) is 15.7. The Hall–Kier alpha value is -2.18. The number of anilines is 1. The second kappa shape index (κ2) is 5.55. The molecule has 3 rings (SSSR count). The minimum Gasteiger partial charge on any atom is -0.350 e. The van der Waals surface area contributed by atoms with Crippen molar-refractivity contribution in [3.8, 4) is 0 Å². The Balaban J connectivity index is 1.82. The standard InChI is InChI=1S/C15H15F3N4/c1-2-13-19-7-10-5-6-22(9-12(10)21-13)14-4-3-11(8-20-14)15(16,17)18/h3-4,7-8H,2,5-6,9H2,1H3. The lowest BCUT2D eigenvalue weighted by Crippen LogP contribution is -2.32. The summed E-state index contributed by atoms with van der Waals surface area (Å²) in [6.07, 6.45) is -0.113. The van der Waals surface area contributed by atoms with Crippen molar-refractivity contribution in [2.24, 2.45) is 0 Å². The minimum absolute atomic E-state index is 0.537. The Bertz CT molecular complexity index is 667. The summed E-state index contributed by atoms with van der Waals surface area (Å²) in [4.78, 5) is 14.7. The van der Waals surface area contributed by atoms with Crippen LogP contribution in [0.3, 0.4) is 0 Å². The Morgan fingerprint density at radius 1 is 1.18 bits per heavy atom. The molecule has 7 heteroatoms. The molecule has 0 saturated heterocycles. The van der Waals surface area contributed by atoms with Gasteiger partial charge in [-0.05, 0) is 24.1 Å². The van der Waals surface area contributed by atoms with Crippen molar-refractivity contribution in [1.29, 1.82) is 0 Å². The van der Waals surface area contributed by atoms with Gasteiger partial charge < -0.3 is 4.90 Å². The number of rotatable bonds is 2. The summed E-state index contributed by atoms with van der Waals surface area (Å²) < 4.78 is 37.7. The van der Waals surface area contributed by atoms with Crippen LogP contribution in [0.25, 0.3) is 0 Å². The molecule has 4 nitrogen and oxygen atoms in total. The lowest BCUT2D eigenvalue weighted by molar-refractivity contribution is -0.137. The summed E-state index contributed by atoms with van der Waals surface area (Å²) in [6, 6.07) is 2.48. The number of halogens is 3. The van der Waals surface area contributed by atoms with Gasteiger partial charge in [-0.3, -0.25) is 0 Å². The largest absolute Gasteiger partial charge is 0.417 e. The molecule has 0 aromatic carbocycles. The first-order valence-electron chi connectivity index (χ1n) is 7.09. The molecule has 116 valence electrons. The predicted molar refractivity (Wildman–Crippen MR) is 75.4 cm³/mol. The van der Waals surface area contributed by atoms with Gasteiger partial charge in [-0.25, -0.2) is 15.0 Å². The Labute approximate surface area is 126 Å². The topological polar surface area (TPSA) is 41.9 Å². The molecule has 1 aliphatic rings. The van der Waals surface area contributed by atoms with E-state index >= 15 is 0 Å². The molecule has 2 aromatic rings. The van der Waals surface area contributed by atoms with Gasteiger partial charge in [-0.1, -0.05) is 6.92 Å². The summed E-state index contributed by atoms with van der Waals surface area (Å²) in [5.41, 5.74) is 1.30. The van der Waals surface area contributed by atoms with Crippen molar-refractivity contribution in [2.75, 3.05) is 11.4 Å². The fourth-order valence-corrected chi connectivity index (χ4v) is 2.45. The molecule has 0 unspecified atom stereocenters. The fraction of sp³-hybridized carbons (Fsp3) is 0.400. The average molecular weight is 308 g/mol. The van der Waals surface area contributed by atoms with Gasteiger partial charge in [-0.15, -0.1) is 0 Å². The number of hydrogen-bond donors (Lipinski definition) is 0. The van der Waals surface area contributed by atoms with Crippen LogP contribution in [0.2, 0.25) is 0 Å². The second-order valence-corrected chi connectivity index (χ2v) is 5.19. The Morgan fingerprint density at radius 3 is 2.64 bits per heavy atom. The molecule has 0 atom stereocenters. The molecule has 22 heavy (non-hydrogen) atoms. The zero-order valence-electron chi connectivity index (χ0n) is 12.1. The lowest BCUT2D eigenvalue weighted by atomic mass is 10.1. The minimum atomic E-state index is -4.36. The maximum Gasteiger partial charge on any atom is 0.417 e. The van der Waals surface area contributed by atoms with Crippen LogP contribution < -0.4 is 4.90 Å². The van der Waals surface area contributed by atoms with Crippen LogP contribution in [-0.2, 0) is 25.6 Å². The number of pyridine rings is 1. The van der Waals surface area contributed by atoms with Crippen molar-refractivity contribution in [3.05, 3.63) is 47.2 Å².